The third kappa shape index (κ3) is 3.02. The van der Waals surface area contributed by atoms with Gasteiger partial charge < -0.3 is 14.3 Å². The first-order chi connectivity index (χ1) is 11.7. The van der Waals surface area contributed by atoms with Crippen molar-refractivity contribution in [2.24, 2.45) is 7.05 Å². The van der Waals surface area contributed by atoms with Gasteiger partial charge in [0.2, 0.25) is 0 Å². The number of furan rings is 1. The first-order valence-electron chi connectivity index (χ1n) is 8.14. The number of nitrogens with zero attached hydrogens (tertiary/aromatic N) is 4. The number of nitrogens with one attached hydrogen (secondary N) is 1. The Balaban J connectivity index is 1.53. The van der Waals surface area contributed by atoms with Crippen molar-refractivity contribution in [3.05, 3.63) is 47.2 Å². The normalized spacial score (nSPS) is 19.0. The predicted molar refractivity (Wildman–Crippen MR) is 93.8 cm³/mol. The van der Waals surface area contributed by atoms with Crippen molar-refractivity contribution in [3.8, 4) is 10.8 Å². The topological polar surface area (TPSA) is 59.1 Å². The van der Waals surface area contributed by atoms with E-state index in [-0.39, 0.29) is 6.04 Å². The Labute approximate surface area is 145 Å². The molecule has 1 aliphatic rings. The molecule has 0 bridgehead atoms. The maximum absolute atomic E-state index is 5.68. The van der Waals surface area contributed by atoms with E-state index in [1.54, 1.807) is 11.3 Å². The van der Waals surface area contributed by atoms with Crippen LogP contribution in [0.15, 0.2) is 35.1 Å². The Morgan fingerprint density at radius 1 is 1.38 bits per heavy atom. The number of piperazine rings is 1. The maximum Gasteiger partial charge on any atom is 0.162 e. The molecule has 6 nitrogen and oxygen atoms in total. The van der Waals surface area contributed by atoms with Crippen LogP contribution >= 0.6 is 11.3 Å². The molecule has 7 heteroatoms. The minimum absolute atomic E-state index is 0.287. The highest BCUT2D eigenvalue weighted by Gasteiger charge is 2.27. The number of thiazole rings is 1. The molecule has 1 fully saturated rings. The van der Waals surface area contributed by atoms with Gasteiger partial charge in [-0.15, -0.1) is 11.3 Å². The van der Waals surface area contributed by atoms with E-state index < -0.39 is 0 Å². The van der Waals surface area contributed by atoms with E-state index in [1.807, 2.05) is 37.6 Å². The van der Waals surface area contributed by atoms with Gasteiger partial charge in [0.25, 0.3) is 0 Å². The standard InChI is InChI=1S/C17H21N5OS/c1-12-3-4-15(23-12)17-20-9-13(24-17)11-22-8-5-18-10-14(22)16-19-6-7-21(16)2/h3-4,6-7,9,14,18H,5,8,10-11H2,1-2H3. The second kappa shape index (κ2) is 6.51. The summed E-state index contributed by atoms with van der Waals surface area (Å²) in [4.78, 5) is 12.8. The van der Waals surface area contributed by atoms with E-state index in [0.29, 0.717) is 0 Å². The molecule has 3 aromatic rings. The van der Waals surface area contributed by atoms with E-state index in [1.165, 1.54) is 4.88 Å². The molecule has 4 heterocycles. The smallest absolute Gasteiger partial charge is 0.162 e. The lowest BCUT2D eigenvalue weighted by Gasteiger charge is -2.35. The Morgan fingerprint density at radius 2 is 2.29 bits per heavy atom. The van der Waals surface area contributed by atoms with E-state index >= 15 is 0 Å². The third-order valence-corrected chi connectivity index (χ3v) is 5.37. The van der Waals surface area contributed by atoms with Gasteiger partial charge in [-0.1, -0.05) is 0 Å². The van der Waals surface area contributed by atoms with E-state index in [4.69, 9.17) is 4.42 Å². The highest BCUT2D eigenvalue weighted by atomic mass is 32.1. The van der Waals surface area contributed by atoms with Gasteiger partial charge in [-0.3, -0.25) is 4.90 Å². The zero-order valence-corrected chi connectivity index (χ0v) is 14.7. The van der Waals surface area contributed by atoms with E-state index in [0.717, 1.165) is 48.5 Å². The molecule has 0 aromatic carbocycles. The molecule has 1 N–H and O–H groups in total. The fraction of sp³-hybridized carbons (Fsp3) is 0.412. The van der Waals surface area contributed by atoms with Crippen LogP contribution in [0.2, 0.25) is 0 Å². The van der Waals surface area contributed by atoms with Crippen LogP contribution in [-0.4, -0.2) is 39.1 Å². The summed E-state index contributed by atoms with van der Waals surface area (Å²) in [6.07, 6.45) is 5.84. The Kier molecular flexibility index (Phi) is 4.22. The molecule has 0 amide bonds. The van der Waals surface area contributed by atoms with Crippen LogP contribution in [0, 0.1) is 6.92 Å². The SMILES string of the molecule is Cc1ccc(-c2ncc(CN3CCNCC3c3nccn3C)s2)o1. The quantitative estimate of drug-likeness (QED) is 0.789. The van der Waals surface area contributed by atoms with Crippen molar-refractivity contribution in [2.45, 2.75) is 19.5 Å². The lowest BCUT2D eigenvalue weighted by molar-refractivity contribution is 0.146. The summed E-state index contributed by atoms with van der Waals surface area (Å²) in [6, 6.07) is 4.25. The largest absolute Gasteiger partial charge is 0.459 e. The molecular weight excluding hydrogens is 322 g/mol. The summed E-state index contributed by atoms with van der Waals surface area (Å²) in [7, 11) is 2.05. The lowest BCUT2D eigenvalue weighted by atomic mass is 10.1. The number of rotatable bonds is 4. The molecule has 0 radical (unpaired) electrons. The van der Waals surface area contributed by atoms with Crippen molar-refractivity contribution >= 4 is 11.3 Å². The number of aryl methyl sites for hydroxylation is 2. The highest BCUT2D eigenvalue weighted by molar-refractivity contribution is 7.14. The van der Waals surface area contributed by atoms with Gasteiger partial charge >= 0.3 is 0 Å². The van der Waals surface area contributed by atoms with Gasteiger partial charge in [0.05, 0.1) is 6.04 Å². The Bertz CT molecular complexity index is 820. The molecule has 126 valence electrons. The van der Waals surface area contributed by atoms with Gasteiger partial charge in [-0.2, -0.15) is 0 Å². The lowest BCUT2D eigenvalue weighted by Crippen LogP contribution is -2.46. The van der Waals surface area contributed by atoms with Crippen LogP contribution in [0.5, 0.6) is 0 Å². The van der Waals surface area contributed by atoms with Crippen molar-refractivity contribution in [1.82, 2.24) is 24.8 Å². The molecular formula is C17H21N5OS. The van der Waals surface area contributed by atoms with Crippen molar-refractivity contribution in [1.29, 1.82) is 0 Å². The van der Waals surface area contributed by atoms with Crippen LogP contribution in [-0.2, 0) is 13.6 Å². The van der Waals surface area contributed by atoms with E-state index in [9.17, 15) is 0 Å². The van der Waals surface area contributed by atoms with Crippen LogP contribution in [0.1, 0.15) is 22.5 Å². The second-order valence-corrected chi connectivity index (χ2v) is 7.24. The molecule has 0 aliphatic carbocycles. The second-order valence-electron chi connectivity index (χ2n) is 6.13. The van der Waals surface area contributed by atoms with Crippen LogP contribution in [0.4, 0.5) is 0 Å². The minimum atomic E-state index is 0.287. The van der Waals surface area contributed by atoms with Gasteiger partial charge in [0.1, 0.15) is 11.6 Å². The molecule has 4 rings (SSSR count). The summed E-state index contributed by atoms with van der Waals surface area (Å²) in [5.74, 6) is 2.87. The summed E-state index contributed by atoms with van der Waals surface area (Å²) < 4.78 is 7.79. The summed E-state index contributed by atoms with van der Waals surface area (Å²) in [5.41, 5.74) is 0. The summed E-state index contributed by atoms with van der Waals surface area (Å²) in [6.45, 7) is 5.77. The molecule has 0 spiro atoms. The zero-order chi connectivity index (χ0) is 16.5. The monoisotopic (exact) mass is 343 g/mol. The van der Waals surface area contributed by atoms with Crippen LogP contribution in [0.25, 0.3) is 10.8 Å². The predicted octanol–water partition coefficient (Wildman–Crippen LogP) is 2.59. The number of hydrogen-bond acceptors (Lipinski definition) is 6. The Morgan fingerprint density at radius 3 is 3.04 bits per heavy atom. The molecule has 1 saturated heterocycles. The first-order valence-corrected chi connectivity index (χ1v) is 8.96. The molecule has 0 saturated carbocycles. The minimum Gasteiger partial charge on any atom is -0.459 e. The average Bonchev–Trinajstić information content (AvgIpc) is 3.30. The summed E-state index contributed by atoms with van der Waals surface area (Å²) in [5, 5.41) is 4.42. The molecule has 3 aromatic heterocycles. The number of aromatic nitrogens is 3. The fourth-order valence-electron chi connectivity index (χ4n) is 3.13. The highest BCUT2D eigenvalue weighted by Crippen LogP contribution is 2.29. The van der Waals surface area contributed by atoms with Gasteiger partial charge in [-0.05, 0) is 19.1 Å². The van der Waals surface area contributed by atoms with Crippen molar-refractivity contribution < 1.29 is 4.42 Å². The molecule has 24 heavy (non-hydrogen) atoms. The number of hydrogen-bond donors (Lipinski definition) is 1. The van der Waals surface area contributed by atoms with Gasteiger partial charge in [0, 0.05) is 56.7 Å². The fourth-order valence-corrected chi connectivity index (χ4v) is 4.03. The Hall–Kier alpha value is -1.96. The van der Waals surface area contributed by atoms with E-state index in [2.05, 4.69) is 31.8 Å². The number of imidazole rings is 1. The van der Waals surface area contributed by atoms with Crippen molar-refractivity contribution in [3.63, 3.8) is 0 Å². The summed E-state index contributed by atoms with van der Waals surface area (Å²) >= 11 is 1.70. The average molecular weight is 343 g/mol. The third-order valence-electron chi connectivity index (χ3n) is 4.37. The van der Waals surface area contributed by atoms with Gasteiger partial charge in [0.15, 0.2) is 10.8 Å². The zero-order valence-electron chi connectivity index (χ0n) is 13.9. The van der Waals surface area contributed by atoms with Gasteiger partial charge in [-0.25, -0.2) is 9.97 Å². The van der Waals surface area contributed by atoms with Crippen LogP contribution in [0.3, 0.4) is 0 Å². The molecule has 1 atom stereocenters. The molecule has 1 aliphatic heterocycles. The van der Waals surface area contributed by atoms with Crippen LogP contribution < -0.4 is 5.32 Å². The first kappa shape index (κ1) is 15.6. The van der Waals surface area contributed by atoms with Crippen molar-refractivity contribution in [2.75, 3.05) is 19.6 Å². The molecule has 1 unspecified atom stereocenters. The maximum atomic E-state index is 5.68.